The van der Waals surface area contributed by atoms with E-state index in [1.54, 1.807) is 6.20 Å². The molecule has 1 atom stereocenters. The average Bonchev–Trinajstić information content (AvgIpc) is 3.37. The normalized spacial score (nSPS) is 17.3. The number of carbonyl (C=O) groups excluding carboxylic acids is 1. The Kier molecular flexibility index (Phi) is 4.85. The fourth-order valence-corrected chi connectivity index (χ4v) is 3.97. The number of nitrogens with one attached hydrogen (secondary N) is 1. The highest BCUT2D eigenvalue weighted by Crippen LogP contribution is 2.23. The van der Waals surface area contributed by atoms with Crippen LogP contribution in [0, 0.1) is 6.92 Å². The van der Waals surface area contributed by atoms with Crippen molar-refractivity contribution < 1.29 is 9.53 Å². The van der Waals surface area contributed by atoms with E-state index in [1.807, 2.05) is 46.9 Å². The minimum atomic E-state index is -0.160. The Balaban J connectivity index is 1.42. The van der Waals surface area contributed by atoms with Crippen molar-refractivity contribution in [2.45, 2.75) is 38.8 Å². The number of hydrogen-bond donors (Lipinski definition) is 1. The lowest BCUT2D eigenvalue weighted by Gasteiger charge is -2.22. The van der Waals surface area contributed by atoms with Gasteiger partial charge in [0, 0.05) is 25.2 Å². The number of aryl methyl sites for hydroxylation is 1. The molecule has 8 heteroatoms. The molecule has 136 valence electrons. The highest BCUT2D eigenvalue weighted by atomic mass is 32.1. The van der Waals surface area contributed by atoms with E-state index in [-0.39, 0.29) is 12.0 Å². The highest BCUT2D eigenvalue weighted by molar-refractivity contribution is 7.16. The predicted octanol–water partition coefficient (Wildman–Crippen LogP) is 3.26. The first-order valence-corrected chi connectivity index (χ1v) is 9.57. The number of amides is 1. The molecule has 0 unspecified atom stereocenters. The van der Waals surface area contributed by atoms with Crippen LogP contribution in [0.2, 0.25) is 0 Å². The van der Waals surface area contributed by atoms with Crippen molar-refractivity contribution in [3.63, 3.8) is 0 Å². The summed E-state index contributed by atoms with van der Waals surface area (Å²) in [5, 5.41) is 8.02. The number of hydrogen-bond acceptors (Lipinski definition) is 5. The molecule has 26 heavy (non-hydrogen) atoms. The number of thiazole rings is 1. The first kappa shape index (κ1) is 17.0. The van der Waals surface area contributed by atoms with Crippen LogP contribution in [0.5, 0.6) is 0 Å². The number of rotatable bonds is 5. The largest absolute Gasteiger partial charge is 0.376 e. The van der Waals surface area contributed by atoms with Crippen LogP contribution in [-0.2, 0) is 11.3 Å². The number of nitrogens with zero attached hydrogens (tertiary/aromatic N) is 4. The number of ether oxygens (including phenoxy) is 1. The molecule has 0 bridgehead atoms. The van der Waals surface area contributed by atoms with Gasteiger partial charge < -0.3 is 14.6 Å². The van der Waals surface area contributed by atoms with Gasteiger partial charge in [-0.25, -0.2) is 4.98 Å². The van der Waals surface area contributed by atoms with Gasteiger partial charge in [-0.2, -0.15) is 5.10 Å². The maximum Gasteiger partial charge on any atom is 0.267 e. The molecule has 3 aromatic rings. The van der Waals surface area contributed by atoms with E-state index in [1.165, 1.54) is 17.8 Å². The maximum absolute atomic E-state index is 12.6. The minimum Gasteiger partial charge on any atom is -0.376 e. The molecule has 1 aliphatic rings. The Morgan fingerprint density at radius 3 is 3.00 bits per heavy atom. The van der Waals surface area contributed by atoms with Crippen LogP contribution < -0.4 is 5.32 Å². The standard InChI is InChI=1S/C18H21N5O2S/c1-13-16(26-18(20-13)22-7-3-4-8-22)17(24)21-14-10-19-23(11-14)12-15-6-2-5-9-25-15/h3-4,7-8,10-11,15H,2,5-6,9,12H2,1H3,(H,21,24)/t15-/m0/s1. The summed E-state index contributed by atoms with van der Waals surface area (Å²) in [5.74, 6) is -0.160. The average molecular weight is 371 g/mol. The molecule has 0 radical (unpaired) electrons. The Morgan fingerprint density at radius 1 is 1.38 bits per heavy atom. The van der Waals surface area contributed by atoms with Crippen LogP contribution >= 0.6 is 11.3 Å². The monoisotopic (exact) mass is 371 g/mol. The van der Waals surface area contributed by atoms with Crippen LogP contribution in [0.1, 0.15) is 34.6 Å². The van der Waals surface area contributed by atoms with E-state index in [4.69, 9.17) is 4.74 Å². The van der Waals surface area contributed by atoms with Crippen LogP contribution in [0.15, 0.2) is 36.9 Å². The van der Waals surface area contributed by atoms with E-state index in [2.05, 4.69) is 15.4 Å². The summed E-state index contributed by atoms with van der Waals surface area (Å²) in [6, 6.07) is 3.86. The van der Waals surface area contributed by atoms with Crippen LogP contribution in [0.3, 0.4) is 0 Å². The molecule has 1 amide bonds. The van der Waals surface area contributed by atoms with Crippen molar-refractivity contribution in [1.29, 1.82) is 0 Å². The molecule has 0 aliphatic carbocycles. The maximum atomic E-state index is 12.6. The van der Waals surface area contributed by atoms with E-state index in [9.17, 15) is 4.79 Å². The molecule has 0 aromatic carbocycles. The first-order valence-electron chi connectivity index (χ1n) is 8.75. The molecule has 4 rings (SSSR count). The van der Waals surface area contributed by atoms with E-state index >= 15 is 0 Å². The quantitative estimate of drug-likeness (QED) is 0.747. The summed E-state index contributed by atoms with van der Waals surface area (Å²) in [5.41, 5.74) is 1.40. The molecule has 3 aromatic heterocycles. The Morgan fingerprint density at radius 2 is 2.23 bits per heavy atom. The predicted molar refractivity (Wildman–Crippen MR) is 99.9 cm³/mol. The van der Waals surface area contributed by atoms with Crippen molar-refractivity contribution in [2.24, 2.45) is 0 Å². The summed E-state index contributed by atoms with van der Waals surface area (Å²) < 4.78 is 9.47. The second-order valence-electron chi connectivity index (χ2n) is 6.40. The third kappa shape index (κ3) is 3.71. The van der Waals surface area contributed by atoms with Crippen LogP contribution in [0.4, 0.5) is 5.69 Å². The fourth-order valence-electron chi connectivity index (χ4n) is 3.04. The number of anilines is 1. The number of carbonyl (C=O) groups is 1. The third-order valence-electron chi connectivity index (χ3n) is 4.37. The summed E-state index contributed by atoms with van der Waals surface area (Å²) in [4.78, 5) is 17.7. The van der Waals surface area contributed by atoms with Crippen molar-refractivity contribution in [1.82, 2.24) is 19.3 Å². The van der Waals surface area contributed by atoms with E-state index in [0.29, 0.717) is 17.1 Å². The van der Waals surface area contributed by atoms with E-state index in [0.717, 1.165) is 30.3 Å². The van der Waals surface area contributed by atoms with Gasteiger partial charge in [-0.05, 0) is 38.3 Å². The summed E-state index contributed by atoms with van der Waals surface area (Å²) in [6.45, 7) is 3.39. The van der Waals surface area contributed by atoms with E-state index < -0.39 is 0 Å². The smallest absolute Gasteiger partial charge is 0.267 e. The lowest BCUT2D eigenvalue weighted by Crippen LogP contribution is -2.24. The van der Waals surface area contributed by atoms with Gasteiger partial charge in [-0.1, -0.05) is 11.3 Å². The van der Waals surface area contributed by atoms with Crippen molar-refractivity contribution >= 4 is 22.9 Å². The van der Waals surface area contributed by atoms with Gasteiger partial charge in [0.05, 0.1) is 30.2 Å². The lowest BCUT2D eigenvalue weighted by molar-refractivity contribution is 0.00401. The minimum absolute atomic E-state index is 0.160. The van der Waals surface area contributed by atoms with Gasteiger partial charge >= 0.3 is 0 Å². The Hall–Kier alpha value is -2.45. The first-order chi connectivity index (χ1) is 12.7. The molecular formula is C18H21N5O2S. The van der Waals surface area contributed by atoms with Crippen molar-refractivity contribution in [2.75, 3.05) is 11.9 Å². The zero-order chi connectivity index (χ0) is 17.9. The van der Waals surface area contributed by atoms with Gasteiger partial charge in [0.1, 0.15) is 4.88 Å². The summed E-state index contributed by atoms with van der Waals surface area (Å²) in [6.07, 6.45) is 10.9. The molecule has 0 spiro atoms. The number of aromatic nitrogens is 4. The topological polar surface area (TPSA) is 74.0 Å². The Bertz CT molecular complexity index is 877. The van der Waals surface area contributed by atoms with Crippen molar-refractivity contribution in [3.8, 4) is 5.13 Å². The van der Waals surface area contributed by atoms with Crippen molar-refractivity contribution in [3.05, 3.63) is 47.5 Å². The molecule has 1 N–H and O–H groups in total. The van der Waals surface area contributed by atoms with Gasteiger partial charge in [-0.3, -0.25) is 9.48 Å². The van der Waals surface area contributed by atoms with Gasteiger partial charge in [-0.15, -0.1) is 0 Å². The lowest BCUT2D eigenvalue weighted by atomic mass is 10.1. The fraction of sp³-hybridized carbons (Fsp3) is 0.389. The molecule has 7 nitrogen and oxygen atoms in total. The summed E-state index contributed by atoms with van der Waals surface area (Å²) in [7, 11) is 0. The SMILES string of the molecule is Cc1nc(-n2cccc2)sc1C(=O)Nc1cnn(C[C@@H]2CCCCO2)c1. The second-order valence-corrected chi connectivity index (χ2v) is 7.37. The zero-order valence-corrected chi connectivity index (χ0v) is 15.4. The molecular weight excluding hydrogens is 350 g/mol. The Labute approximate surface area is 155 Å². The molecule has 1 aliphatic heterocycles. The molecule has 4 heterocycles. The summed E-state index contributed by atoms with van der Waals surface area (Å²) >= 11 is 1.37. The molecule has 0 saturated carbocycles. The van der Waals surface area contributed by atoms with Gasteiger partial charge in [0.25, 0.3) is 5.91 Å². The molecule has 1 fully saturated rings. The molecule has 1 saturated heterocycles. The van der Waals surface area contributed by atoms with Gasteiger partial charge in [0.2, 0.25) is 0 Å². The zero-order valence-electron chi connectivity index (χ0n) is 14.6. The highest BCUT2D eigenvalue weighted by Gasteiger charge is 2.18. The van der Waals surface area contributed by atoms with Crippen LogP contribution in [0.25, 0.3) is 5.13 Å². The van der Waals surface area contributed by atoms with Gasteiger partial charge in [0.15, 0.2) is 5.13 Å². The van der Waals surface area contributed by atoms with Crippen LogP contribution in [-0.4, -0.2) is 37.9 Å². The second kappa shape index (κ2) is 7.43. The third-order valence-corrected chi connectivity index (χ3v) is 5.54.